The van der Waals surface area contributed by atoms with Crippen LogP contribution >= 0.6 is 0 Å². The Hall–Kier alpha value is -1.39. The van der Waals surface area contributed by atoms with Gasteiger partial charge in [-0.05, 0) is 11.6 Å². The number of anilines is 1. The predicted molar refractivity (Wildman–Crippen MR) is 52.8 cm³/mol. The van der Waals surface area contributed by atoms with Crippen molar-refractivity contribution in [3.8, 4) is 0 Å². The van der Waals surface area contributed by atoms with Crippen LogP contribution in [0.1, 0.15) is 5.56 Å². The van der Waals surface area contributed by atoms with E-state index in [1.165, 1.54) is 0 Å². The summed E-state index contributed by atoms with van der Waals surface area (Å²) in [4.78, 5) is 11.5. The second kappa shape index (κ2) is 3.77. The lowest BCUT2D eigenvalue weighted by Crippen LogP contribution is -2.40. The van der Waals surface area contributed by atoms with E-state index in [4.69, 9.17) is 5.11 Å². The van der Waals surface area contributed by atoms with Crippen LogP contribution in [0.25, 0.3) is 0 Å². The molecule has 1 aromatic rings. The summed E-state index contributed by atoms with van der Waals surface area (Å²) in [5, 5.41) is 14.7. The van der Waals surface area contributed by atoms with Gasteiger partial charge in [0, 0.05) is 12.2 Å². The first-order valence-corrected chi connectivity index (χ1v) is 4.54. The predicted octanol–water partition coefficient (Wildman–Crippen LogP) is 0.0892. The SMILES string of the molecule is O=C1Nc2ccccc2CN[C@@H]1CO. The third kappa shape index (κ3) is 1.62. The topological polar surface area (TPSA) is 61.4 Å². The van der Waals surface area contributed by atoms with Gasteiger partial charge in [-0.3, -0.25) is 10.1 Å². The lowest BCUT2D eigenvalue weighted by atomic mass is 10.2. The number of fused-ring (bicyclic) bond motifs is 1. The second-order valence-corrected chi connectivity index (χ2v) is 3.26. The fourth-order valence-electron chi connectivity index (χ4n) is 1.49. The third-order valence-corrected chi connectivity index (χ3v) is 2.31. The van der Waals surface area contributed by atoms with Crippen molar-refractivity contribution < 1.29 is 9.90 Å². The fourth-order valence-corrected chi connectivity index (χ4v) is 1.49. The van der Waals surface area contributed by atoms with Crippen molar-refractivity contribution in [2.75, 3.05) is 11.9 Å². The normalized spacial score (nSPS) is 20.9. The Morgan fingerprint density at radius 3 is 3.00 bits per heavy atom. The van der Waals surface area contributed by atoms with Gasteiger partial charge in [-0.1, -0.05) is 18.2 Å². The molecule has 1 aliphatic rings. The second-order valence-electron chi connectivity index (χ2n) is 3.26. The first-order chi connectivity index (χ1) is 6.81. The number of para-hydroxylation sites is 1. The average molecular weight is 192 g/mol. The molecule has 0 unspecified atom stereocenters. The quantitative estimate of drug-likeness (QED) is 0.591. The number of benzene rings is 1. The minimum absolute atomic E-state index is 0.181. The number of amides is 1. The van der Waals surface area contributed by atoms with Crippen LogP contribution in [0.2, 0.25) is 0 Å². The molecule has 0 bridgehead atoms. The summed E-state index contributed by atoms with van der Waals surface area (Å²) in [6.45, 7) is 0.417. The lowest BCUT2D eigenvalue weighted by molar-refractivity contribution is -0.118. The van der Waals surface area contributed by atoms with Gasteiger partial charge in [-0.15, -0.1) is 0 Å². The van der Waals surface area contributed by atoms with Crippen molar-refractivity contribution in [3.63, 3.8) is 0 Å². The Morgan fingerprint density at radius 1 is 1.43 bits per heavy atom. The summed E-state index contributed by atoms with van der Waals surface area (Å²) in [5.41, 5.74) is 1.86. The zero-order valence-corrected chi connectivity index (χ0v) is 7.66. The van der Waals surface area contributed by atoms with E-state index >= 15 is 0 Å². The molecule has 0 spiro atoms. The van der Waals surface area contributed by atoms with Gasteiger partial charge in [-0.25, -0.2) is 0 Å². The maximum atomic E-state index is 11.5. The van der Waals surface area contributed by atoms with Gasteiger partial charge in [-0.2, -0.15) is 0 Å². The molecule has 0 radical (unpaired) electrons. The van der Waals surface area contributed by atoms with Crippen LogP contribution < -0.4 is 10.6 Å². The highest BCUT2D eigenvalue weighted by Crippen LogP contribution is 2.17. The molecule has 1 heterocycles. The number of carbonyl (C=O) groups excluding carboxylic acids is 1. The van der Waals surface area contributed by atoms with Gasteiger partial charge < -0.3 is 10.4 Å². The molecule has 4 heteroatoms. The standard InChI is InChI=1S/C10H12N2O2/c13-6-9-10(14)12-8-4-2-1-3-7(8)5-11-9/h1-4,9,11,13H,5-6H2,(H,12,14)/t9-/m1/s1. The molecule has 1 aromatic carbocycles. The maximum absolute atomic E-state index is 11.5. The molecule has 4 nitrogen and oxygen atoms in total. The molecular weight excluding hydrogens is 180 g/mol. The summed E-state index contributed by atoms with van der Waals surface area (Å²) in [7, 11) is 0. The summed E-state index contributed by atoms with van der Waals surface area (Å²) >= 11 is 0. The van der Waals surface area contributed by atoms with Crippen LogP contribution in [-0.2, 0) is 11.3 Å². The van der Waals surface area contributed by atoms with E-state index in [2.05, 4.69) is 10.6 Å². The van der Waals surface area contributed by atoms with E-state index in [0.29, 0.717) is 6.54 Å². The van der Waals surface area contributed by atoms with Gasteiger partial charge in [0.15, 0.2) is 0 Å². The number of hydrogen-bond donors (Lipinski definition) is 3. The van der Waals surface area contributed by atoms with Crippen molar-refractivity contribution in [3.05, 3.63) is 29.8 Å². The van der Waals surface area contributed by atoms with E-state index in [0.717, 1.165) is 11.3 Å². The minimum atomic E-state index is -0.512. The average Bonchev–Trinajstić information content (AvgIpc) is 2.36. The van der Waals surface area contributed by atoms with Crippen molar-refractivity contribution >= 4 is 11.6 Å². The van der Waals surface area contributed by atoms with E-state index < -0.39 is 6.04 Å². The molecule has 0 fully saturated rings. The van der Waals surface area contributed by atoms with Gasteiger partial charge >= 0.3 is 0 Å². The first kappa shape index (κ1) is 9.18. The van der Waals surface area contributed by atoms with Gasteiger partial charge in [0.2, 0.25) is 5.91 Å². The largest absolute Gasteiger partial charge is 0.394 e. The third-order valence-electron chi connectivity index (χ3n) is 2.31. The van der Waals surface area contributed by atoms with Gasteiger partial charge in [0.1, 0.15) is 6.04 Å². The molecule has 3 N–H and O–H groups in total. The van der Waals surface area contributed by atoms with E-state index in [9.17, 15) is 4.79 Å². The minimum Gasteiger partial charge on any atom is -0.394 e. The first-order valence-electron chi connectivity index (χ1n) is 4.54. The molecule has 1 atom stereocenters. The van der Waals surface area contributed by atoms with E-state index in [1.807, 2.05) is 24.3 Å². The smallest absolute Gasteiger partial charge is 0.243 e. The van der Waals surface area contributed by atoms with Gasteiger partial charge in [0.05, 0.1) is 6.61 Å². The number of aliphatic hydroxyl groups is 1. The highest BCUT2D eigenvalue weighted by atomic mass is 16.3. The van der Waals surface area contributed by atoms with Crippen molar-refractivity contribution in [2.45, 2.75) is 12.6 Å². The Labute approximate surface area is 81.9 Å². The van der Waals surface area contributed by atoms with Crippen LogP contribution in [0, 0.1) is 0 Å². The summed E-state index contributed by atoms with van der Waals surface area (Å²) in [6.07, 6.45) is 0. The van der Waals surface area contributed by atoms with Crippen molar-refractivity contribution in [1.82, 2.24) is 5.32 Å². The molecule has 14 heavy (non-hydrogen) atoms. The zero-order valence-electron chi connectivity index (χ0n) is 7.66. The molecule has 0 saturated carbocycles. The molecule has 0 aliphatic carbocycles. The summed E-state index contributed by atoms with van der Waals surface area (Å²) in [5.74, 6) is -0.183. The highest BCUT2D eigenvalue weighted by molar-refractivity contribution is 5.96. The number of carbonyl (C=O) groups is 1. The Morgan fingerprint density at radius 2 is 2.21 bits per heavy atom. The molecule has 1 aliphatic heterocycles. The van der Waals surface area contributed by atoms with Crippen LogP contribution in [0.15, 0.2) is 24.3 Å². The summed E-state index contributed by atoms with van der Waals surface area (Å²) < 4.78 is 0. The molecule has 1 amide bonds. The molecule has 2 rings (SSSR count). The van der Waals surface area contributed by atoms with Gasteiger partial charge in [0.25, 0.3) is 0 Å². The fraction of sp³-hybridized carbons (Fsp3) is 0.300. The Bertz CT molecular complexity index is 352. The number of hydrogen-bond acceptors (Lipinski definition) is 3. The van der Waals surface area contributed by atoms with Crippen LogP contribution in [0.4, 0.5) is 5.69 Å². The van der Waals surface area contributed by atoms with Crippen LogP contribution in [0.5, 0.6) is 0 Å². The molecule has 74 valence electrons. The van der Waals surface area contributed by atoms with Crippen molar-refractivity contribution in [1.29, 1.82) is 0 Å². The number of rotatable bonds is 1. The van der Waals surface area contributed by atoms with Crippen molar-refractivity contribution in [2.24, 2.45) is 0 Å². The van der Waals surface area contributed by atoms with Crippen LogP contribution in [0.3, 0.4) is 0 Å². The lowest BCUT2D eigenvalue weighted by Gasteiger charge is -2.09. The highest BCUT2D eigenvalue weighted by Gasteiger charge is 2.21. The number of aliphatic hydroxyl groups excluding tert-OH is 1. The number of nitrogens with one attached hydrogen (secondary N) is 2. The van der Waals surface area contributed by atoms with Crippen LogP contribution in [-0.4, -0.2) is 23.7 Å². The zero-order chi connectivity index (χ0) is 9.97. The molecule has 0 aromatic heterocycles. The molecule has 0 saturated heterocycles. The van der Waals surface area contributed by atoms with E-state index in [-0.39, 0.29) is 12.5 Å². The maximum Gasteiger partial charge on any atom is 0.243 e. The monoisotopic (exact) mass is 192 g/mol. The summed E-state index contributed by atoms with van der Waals surface area (Å²) in [6, 6.07) is 7.09. The molecular formula is C10H12N2O2. The van der Waals surface area contributed by atoms with E-state index in [1.54, 1.807) is 0 Å². The Kier molecular flexibility index (Phi) is 2.47. The Balaban J connectivity index is 2.28.